The Balaban J connectivity index is 4.04. The van der Waals surface area contributed by atoms with Gasteiger partial charge in [0.25, 0.3) is 0 Å². The van der Waals surface area contributed by atoms with Gasteiger partial charge in [0.1, 0.15) is 0 Å². The summed E-state index contributed by atoms with van der Waals surface area (Å²) < 4.78 is 5.38. The summed E-state index contributed by atoms with van der Waals surface area (Å²) in [7, 11) is 3.74. The minimum atomic E-state index is -0.0525. The van der Waals surface area contributed by atoms with E-state index in [0.29, 0.717) is 6.04 Å². The van der Waals surface area contributed by atoms with Crippen molar-refractivity contribution in [2.24, 2.45) is 0 Å². The fraction of sp³-hybridized carbons (Fsp3) is 0.818. The average Bonchev–Trinajstić information content (AvgIpc) is 2.02. The van der Waals surface area contributed by atoms with Gasteiger partial charge in [-0.2, -0.15) is 0 Å². The van der Waals surface area contributed by atoms with E-state index in [9.17, 15) is 0 Å². The van der Waals surface area contributed by atoms with Gasteiger partial charge in [-0.05, 0) is 40.7 Å². The van der Waals surface area contributed by atoms with Gasteiger partial charge in [-0.3, -0.25) is 0 Å². The molecule has 0 bridgehead atoms. The van der Waals surface area contributed by atoms with Gasteiger partial charge >= 0.3 is 0 Å². The SMILES string of the molecule is C=C(C)CC(CC(C)(C)OC)NC. The standard InChI is InChI=1S/C11H23NO/c1-9(2)7-10(12-5)8-11(3,4)13-6/h10,12H,1,7-8H2,2-6H3. The van der Waals surface area contributed by atoms with E-state index in [1.165, 1.54) is 5.57 Å². The van der Waals surface area contributed by atoms with E-state index in [2.05, 4.69) is 32.7 Å². The normalized spacial score (nSPS) is 14.2. The maximum absolute atomic E-state index is 5.38. The molecule has 0 amide bonds. The molecule has 0 aliphatic heterocycles. The molecule has 13 heavy (non-hydrogen) atoms. The fourth-order valence-corrected chi connectivity index (χ4v) is 1.37. The van der Waals surface area contributed by atoms with E-state index >= 15 is 0 Å². The first-order valence-corrected chi connectivity index (χ1v) is 4.78. The van der Waals surface area contributed by atoms with Crippen LogP contribution in [-0.4, -0.2) is 25.8 Å². The van der Waals surface area contributed by atoms with Gasteiger partial charge in [-0.25, -0.2) is 0 Å². The van der Waals surface area contributed by atoms with E-state index in [0.717, 1.165) is 12.8 Å². The summed E-state index contributed by atoms with van der Waals surface area (Å²) >= 11 is 0. The lowest BCUT2D eigenvalue weighted by molar-refractivity contribution is 0.00775. The molecule has 0 saturated carbocycles. The van der Waals surface area contributed by atoms with Crippen molar-refractivity contribution < 1.29 is 4.74 Å². The maximum Gasteiger partial charge on any atom is 0.0637 e. The monoisotopic (exact) mass is 185 g/mol. The van der Waals surface area contributed by atoms with Crippen LogP contribution >= 0.6 is 0 Å². The lowest BCUT2D eigenvalue weighted by Crippen LogP contribution is -2.35. The van der Waals surface area contributed by atoms with Gasteiger partial charge in [0.05, 0.1) is 5.60 Å². The van der Waals surface area contributed by atoms with Gasteiger partial charge in [-0.1, -0.05) is 5.57 Å². The number of ether oxygens (including phenoxy) is 1. The van der Waals surface area contributed by atoms with Gasteiger partial charge < -0.3 is 10.1 Å². The molecular weight excluding hydrogens is 162 g/mol. The van der Waals surface area contributed by atoms with Crippen LogP contribution < -0.4 is 5.32 Å². The molecule has 1 unspecified atom stereocenters. The van der Waals surface area contributed by atoms with E-state index < -0.39 is 0 Å². The Morgan fingerprint density at radius 2 is 2.08 bits per heavy atom. The summed E-state index contributed by atoms with van der Waals surface area (Å²) in [6.07, 6.45) is 2.02. The molecular formula is C11H23NO. The van der Waals surface area contributed by atoms with Crippen LogP contribution in [-0.2, 0) is 4.74 Å². The molecule has 2 nitrogen and oxygen atoms in total. The molecule has 1 atom stereocenters. The fourth-order valence-electron chi connectivity index (χ4n) is 1.37. The van der Waals surface area contributed by atoms with Crippen molar-refractivity contribution in [3.63, 3.8) is 0 Å². The van der Waals surface area contributed by atoms with Gasteiger partial charge in [-0.15, -0.1) is 6.58 Å². The van der Waals surface area contributed by atoms with Crippen LogP contribution in [0, 0.1) is 0 Å². The number of hydrogen-bond acceptors (Lipinski definition) is 2. The third-order valence-electron chi connectivity index (χ3n) is 2.29. The summed E-state index contributed by atoms with van der Waals surface area (Å²) in [5.41, 5.74) is 1.16. The van der Waals surface area contributed by atoms with Crippen molar-refractivity contribution in [3.8, 4) is 0 Å². The first-order chi connectivity index (χ1) is 5.91. The molecule has 0 aromatic carbocycles. The van der Waals surface area contributed by atoms with E-state index in [4.69, 9.17) is 4.74 Å². The molecule has 0 spiro atoms. The molecule has 0 rings (SSSR count). The maximum atomic E-state index is 5.38. The molecule has 78 valence electrons. The molecule has 0 heterocycles. The predicted octanol–water partition coefficient (Wildman–Crippen LogP) is 2.36. The topological polar surface area (TPSA) is 21.3 Å². The first-order valence-electron chi connectivity index (χ1n) is 4.78. The zero-order valence-electron chi connectivity index (χ0n) is 9.61. The molecule has 0 fully saturated rings. The molecule has 0 aliphatic carbocycles. The zero-order valence-corrected chi connectivity index (χ0v) is 9.61. The summed E-state index contributed by atoms with van der Waals surface area (Å²) in [5, 5.41) is 3.28. The predicted molar refractivity (Wildman–Crippen MR) is 58.0 cm³/mol. The Morgan fingerprint density at radius 3 is 2.38 bits per heavy atom. The van der Waals surface area contributed by atoms with E-state index in [1.807, 2.05) is 7.05 Å². The summed E-state index contributed by atoms with van der Waals surface area (Å²) in [6.45, 7) is 10.2. The lowest BCUT2D eigenvalue weighted by Gasteiger charge is -2.28. The largest absolute Gasteiger partial charge is 0.379 e. The summed E-state index contributed by atoms with van der Waals surface area (Å²) in [4.78, 5) is 0. The van der Waals surface area contributed by atoms with Crippen molar-refractivity contribution in [2.75, 3.05) is 14.2 Å². The Hall–Kier alpha value is -0.340. The second kappa shape index (κ2) is 5.40. The second-order valence-electron chi connectivity index (χ2n) is 4.31. The minimum Gasteiger partial charge on any atom is -0.379 e. The molecule has 0 aromatic heterocycles. The highest BCUT2D eigenvalue weighted by atomic mass is 16.5. The van der Waals surface area contributed by atoms with Crippen LogP contribution in [0.1, 0.15) is 33.6 Å². The van der Waals surface area contributed by atoms with Crippen molar-refractivity contribution in [3.05, 3.63) is 12.2 Å². The average molecular weight is 185 g/mol. The highest BCUT2D eigenvalue weighted by Gasteiger charge is 2.21. The van der Waals surface area contributed by atoms with Crippen LogP contribution in [0.2, 0.25) is 0 Å². The molecule has 0 radical (unpaired) electrons. The van der Waals surface area contributed by atoms with Crippen LogP contribution in [0.25, 0.3) is 0 Å². The van der Waals surface area contributed by atoms with Gasteiger partial charge in [0.15, 0.2) is 0 Å². The third kappa shape index (κ3) is 5.83. The van der Waals surface area contributed by atoms with Crippen molar-refractivity contribution in [1.82, 2.24) is 5.32 Å². The molecule has 0 aliphatic rings. The summed E-state index contributed by atoms with van der Waals surface area (Å²) in [6, 6.07) is 0.465. The van der Waals surface area contributed by atoms with Gasteiger partial charge in [0.2, 0.25) is 0 Å². The Morgan fingerprint density at radius 1 is 1.54 bits per heavy atom. The number of methoxy groups -OCH3 is 1. The highest BCUT2D eigenvalue weighted by Crippen LogP contribution is 2.18. The van der Waals surface area contributed by atoms with Crippen LogP contribution in [0.3, 0.4) is 0 Å². The zero-order chi connectivity index (χ0) is 10.5. The highest BCUT2D eigenvalue weighted by molar-refractivity contribution is 4.94. The second-order valence-corrected chi connectivity index (χ2v) is 4.31. The first kappa shape index (κ1) is 12.7. The number of hydrogen-bond donors (Lipinski definition) is 1. The van der Waals surface area contributed by atoms with Crippen molar-refractivity contribution in [1.29, 1.82) is 0 Å². The van der Waals surface area contributed by atoms with Crippen LogP contribution in [0.4, 0.5) is 0 Å². The molecule has 0 aromatic rings. The lowest BCUT2D eigenvalue weighted by atomic mass is 9.95. The quantitative estimate of drug-likeness (QED) is 0.641. The third-order valence-corrected chi connectivity index (χ3v) is 2.29. The van der Waals surface area contributed by atoms with Crippen LogP contribution in [0.15, 0.2) is 12.2 Å². The summed E-state index contributed by atoms with van der Waals surface area (Å²) in [5.74, 6) is 0. The Labute approximate surface area is 82.4 Å². The van der Waals surface area contributed by atoms with E-state index in [1.54, 1.807) is 7.11 Å². The molecule has 1 N–H and O–H groups in total. The molecule has 0 saturated heterocycles. The van der Waals surface area contributed by atoms with Crippen molar-refractivity contribution >= 4 is 0 Å². The number of rotatable bonds is 6. The van der Waals surface area contributed by atoms with E-state index in [-0.39, 0.29) is 5.60 Å². The minimum absolute atomic E-state index is 0.0525. The van der Waals surface area contributed by atoms with Crippen LogP contribution in [0.5, 0.6) is 0 Å². The Kier molecular flexibility index (Phi) is 5.26. The molecule has 2 heteroatoms. The Bertz CT molecular complexity index is 163. The smallest absolute Gasteiger partial charge is 0.0637 e. The number of nitrogens with one attached hydrogen (secondary N) is 1. The van der Waals surface area contributed by atoms with Gasteiger partial charge in [0, 0.05) is 13.2 Å². The van der Waals surface area contributed by atoms with Crippen molar-refractivity contribution in [2.45, 2.75) is 45.3 Å².